The molecule has 0 amide bonds. The first-order chi connectivity index (χ1) is 14.2. The van der Waals surface area contributed by atoms with Crippen LogP contribution in [0.1, 0.15) is 5.56 Å². The molecule has 0 bridgehead atoms. The maximum Gasteiger partial charge on any atom is 0.158 e. The van der Waals surface area contributed by atoms with E-state index in [1.807, 2.05) is 67.8 Å². The number of rotatable bonds is 5. The lowest BCUT2D eigenvalue weighted by atomic mass is 10.2. The predicted molar refractivity (Wildman–Crippen MR) is 112 cm³/mol. The third-order valence-electron chi connectivity index (χ3n) is 4.72. The molecule has 0 saturated heterocycles. The van der Waals surface area contributed by atoms with Crippen LogP contribution >= 0.6 is 0 Å². The molecule has 0 atom stereocenters. The van der Waals surface area contributed by atoms with Gasteiger partial charge in [0, 0.05) is 24.4 Å². The highest BCUT2D eigenvalue weighted by molar-refractivity contribution is 5.78. The number of nitrogens with one attached hydrogen (secondary N) is 1. The summed E-state index contributed by atoms with van der Waals surface area (Å²) in [5.74, 6) is 1.61. The fourth-order valence-corrected chi connectivity index (χ4v) is 3.20. The first-order valence-corrected chi connectivity index (χ1v) is 9.37. The molecule has 142 valence electrons. The van der Waals surface area contributed by atoms with Crippen molar-refractivity contribution in [2.24, 2.45) is 7.05 Å². The SMILES string of the molecule is Cn1cc(-c2ccc3nc(-c4ccc(OCc5ccccc5)cc4)[nH]c3n2)cn1. The summed E-state index contributed by atoms with van der Waals surface area (Å²) in [6, 6.07) is 22.0. The maximum atomic E-state index is 5.86. The number of aryl methyl sites for hydroxylation is 1. The van der Waals surface area contributed by atoms with Gasteiger partial charge in [0.25, 0.3) is 0 Å². The molecule has 5 aromatic rings. The van der Waals surface area contributed by atoms with Crippen LogP contribution in [0.4, 0.5) is 0 Å². The smallest absolute Gasteiger partial charge is 0.158 e. The van der Waals surface area contributed by atoms with Crippen molar-refractivity contribution in [1.82, 2.24) is 24.7 Å². The summed E-state index contributed by atoms with van der Waals surface area (Å²) >= 11 is 0. The zero-order chi connectivity index (χ0) is 19.6. The molecule has 5 rings (SSSR count). The summed E-state index contributed by atoms with van der Waals surface area (Å²) in [6.45, 7) is 0.547. The molecule has 0 aliphatic heterocycles. The van der Waals surface area contributed by atoms with E-state index in [0.29, 0.717) is 6.61 Å². The van der Waals surface area contributed by atoms with Gasteiger partial charge in [-0.25, -0.2) is 9.97 Å². The first-order valence-electron chi connectivity index (χ1n) is 9.37. The lowest BCUT2D eigenvalue weighted by molar-refractivity contribution is 0.306. The fraction of sp³-hybridized carbons (Fsp3) is 0.0870. The molecule has 3 heterocycles. The minimum Gasteiger partial charge on any atom is -0.489 e. The van der Waals surface area contributed by atoms with Gasteiger partial charge in [0.2, 0.25) is 0 Å². The van der Waals surface area contributed by atoms with E-state index in [9.17, 15) is 0 Å². The Hall–Kier alpha value is -3.93. The second kappa shape index (κ2) is 7.24. The minimum atomic E-state index is 0.547. The number of fused-ring (bicyclic) bond motifs is 1. The number of imidazole rings is 1. The van der Waals surface area contributed by atoms with Crippen molar-refractivity contribution < 1.29 is 4.74 Å². The third kappa shape index (κ3) is 3.60. The molecule has 0 unspecified atom stereocenters. The highest BCUT2D eigenvalue weighted by Crippen LogP contribution is 2.25. The van der Waals surface area contributed by atoms with E-state index in [2.05, 4.69) is 32.2 Å². The number of hydrogen-bond donors (Lipinski definition) is 1. The maximum absolute atomic E-state index is 5.86. The van der Waals surface area contributed by atoms with Crippen molar-refractivity contribution >= 4 is 11.2 Å². The van der Waals surface area contributed by atoms with Gasteiger partial charge in [0.1, 0.15) is 23.7 Å². The average molecular weight is 381 g/mol. The van der Waals surface area contributed by atoms with E-state index in [1.165, 1.54) is 0 Å². The van der Waals surface area contributed by atoms with Crippen molar-refractivity contribution in [3.63, 3.8) is 0 Å². The molecule has 6 nitrogen and oxygen atoms in total. The van der Waals surface area contributed by atoms with Crippen molar-refractivity contribution in [3.05, 3.63) is 84.7 Å². The van der Waals surface area contributed by atoms with Crippen molar-refractivity contribution in [1.29, 1.82) is 0 Å². The molecule has 2 aromatic carbocycles. The minimum absolute atomic E-state index is 0.547. The van der Waals surface area contributed by atoms with Crippen molar-refractivity contribution in [3.8, 4) is 28.4 Å². The van der Waals surface area contributed by atoms with E-state index >= 15 is 0 Å². The number of ether oxygens (including phenoxy) is 1. The molecule has 1 N–H and O–H groups in total. The van der Waals surface area contributed by atoms with Crippen molar-refractivity contribution in [2.75, 3.05) is 0 Å². The zero-order valence-electron chi connectivity index (χ0n) is 15.9. The molecule has 0 aliphatic carbocycles. The Kier molecular flexibility index (Phi) is 4.29. The molecular formula is C23H19N5O. The highest BCUT2D eigenvalue weighted by Gasteiger charge is 2.09. The molecule has 0 fully saturated rings. The second-order valence-corrected chi connectivity index (χ2v) is 6.85. The largest absolute Gasteiger partial charge is 0.489 e. The lowest BCUT2D eigenvalue weighted by Crippen LogP contribution is -1.94. The molecule has 0 aliphatic rings. The van der Waals surface area contributed by atoms with Gasteiger partial charge in [-0.2, -0.15) is 5.10 Å². The summed E-state index contributed by atoms with van der Waals surface area (Å²) in [7, 11) is 1.89. The monoisotopic (exact) mass is 381 g/mol. The first kappa shape index (κ1) is 17.2. The third-order valence-corrected chi connectivity index (χ3v) is 4.72. The highest BCUT2D eigenvalue weighted by atomic mass is 16.5. The number of aromatic nitrogens is 5. The topological polar surface area (TPSA) is 68.6 Å². The molecule has 0 radical (unpaired) electrons. The Labute approximate surface area is 167 Å². The Morgan fingerprint density at radius 1 is 0.897 bits per heavy atom. The zero-order valence-corrected chi connectivity index (χ0v) is 15.9. The van der Waals surface area contributed by atoms with Crippen LogP contribution in [0.3, 0.4) is 0 Å². The van der Waals surface area contributed by atoms with Crippen LogP contribution in [0.5, 0.6) is 5.75 Å². The second-order valence-electron chi connectivity index (χ2n) is 6.85. The van der Waals surface area contributed by atoms with Crippen LogP contribution in [0, 0.1) is 0 Å². The number of pyridine rings is 1. The Balaban J connectivity index is 1.36. The van der Waals surface area contributed by atoms with Gasteiger partial charge < -0.3 is 9.72 Å². The van der Waals surface area contributed by atoms with Gasteiger partial charge >= 0.3 is 0 Å². The predicted octanol–water partition coefficient (Wildman–Crippen LogP) is 4.60. The summed E-state index contributed by atoms with van der Waals surface area (Å²) in [6.07, 6.45) is 3.75. The average Bonchev–Trinajstić information content (AvgIpc) is 3.39. The Bertz CT molecular complexity index is 1260. The molecular weight excluding hydrogens is 362 g/mol. The Morgan fingerprint density at radius 2 is 1.72 bits per heavy atom. The summed E-state index contributed by atoms with van der Waals surface area (Å²) in [4.78, 5) is 12.7. The molecule has 0 saturated carbocycles. The van der Waals surface area contributed by atoms with Gasteiger partial charge in [-0.05, 0) is 42.0 Å². The van der Waals surface area contributed by atoms with Crippen LogP contribution in [0.15, 0.2) is 79.1 Å². The molecule has 0 spiro atoms. The number of benzene rings is 2. The fourth-order valence-electron chi connectivity index (χ4n) is 3.20. The van der Waals surface area contributed by atoms with Gasteiger partial charge in [-0.1, -0.05) is 30.3 Å². The van der Waals surface area contributed by atoms with Crippen LogP contribution < -0.4 is 4.74 Å². The van der Waals surface area contributed by atoms with Crippen molar-refractivity contribution in [2.45, 2.75) is 6.61 Å². The number of hydrogen-bond acceptors (Lipinski definition) is 4. The standard InChI is InChI=1S/C23H19N5O/c1-28-14-18(13-24-28)20-11-12-21-23(25-20)27-22(26-21)17-7-9-19(10-8-17)29-15-16-5-3-2-4-6-16/h2-14H,15H2,1H3,(H,25,26,27). The van der Waals surface area contributed by atoms with Crippen LogP contribution in [-0.4, -0.2) is 24.7 Å². The van der Waals surface area contributed by atoms with E-state index in [1.54, 1.807) is 10.9 Å². The Morgan fingerprint density at radius 3 is 2.48 bits per heavy atom. The molecule has 6 heteroatoms. The van der Waals surface area contributed by atoms with Crippen LogP contribution in [-0.2, 0) is 13.7 Å². The summed E-state index contributed by atoms with van der Waals surface area (Å²) < 4.78 is 7.62. The van der Waals surface area contributed by atoms with Crippen LogP contribution in [0.2, 0.25) is 0 Å². The normalized spacial score (nSPS) is 11.1. The number of aromatic amines is 1. The summed E-state index contributed by atoms with van der Waals surface area (Å²) in [5.41, 5.74) is 5.56. The molecule has 29 heavy (non-hydrogen) atoms. The quantitative estimate of drug-likeness (QED) is 0.483. The van der Waals surface area contributed by atoms with Gasteiger partial charge in [-0.15, -0.1) is 0 Å². The summed E-state index contributed by atoms with van der Waals surface area (Å²) in [5, 5.41) is 4.21. The van der Waals surface area contributed by atoms with Gasteiger partial charge in [0.15, 0.2) is 5.65 Å². The molecule has 3 aromatic heterocycles. The van der Waals surface area contributed by atoms with Gasteiger partial charge in [-0.3, -0.25) is 4.68 Å². The van der Waals surface area contributed by atoms with Crippen LogP contribution in [0.25, 0.3) is 33.8 Å². The van der Waals surface area contributed by atoms with Gasteiger partial charge in [0.05, 0.1) is 11.9 Å². The van der Waals surface area contributed by atoms with E-state index < -0.39 is 0 Å². The number of nitrogens with zero attached hydrogens (tertiary/aromatic N) is 4. The van der Waals surface area contributed by atoms with E-state index in [0.717, 1.165) is 45.1 Å². The van der Waals surface area contributed by atoms with E-state index in [4.69, 9.17) is 4.74 Å². The number of H-pyrrole nitrogens is 1. The van der Waals surface area contributed by atoms with E-state index in [-0.39, 0.29) is 0 Å². The lowest BCUT2D eigenvalue weighted by Gasteiger charge is -2.06.